The van der Waals surface area contributed by atoms with Crippen LogP contribution in [-0.4, -0.2) is 83.6 Å². The Bertz CT molecular complexity index is 1150. The molecule has 2 aromatic carbocycles. The maximum absolute atomic E-state index is 9.55. The number of piperidine rings is 1. The first-order valence-electron chi connectivity index (χ1n) is 13.5. The number of para-hydroxylation sites is 3. The van der Waals surface area contributed by atoms with Crippen molar-refractivity contribution in [3.05, 3.63) is 66.2 Å². The number of rotatable bonds is 11. The van der Waals surface area contributed by atoms with Crippen LogP contribution in [0.4, 0.5) is 5.69 Å². The fourth-order valence-corrected chi connectivity index (χ4v) is 5.61. The van der Waals surface area contributed by atoms with Gasteiger partial charge in [0.2, 0.25) is 0 Å². The van der Waals surface area contributed by atoms with Crippen LogP contribution in [0, 0.1) is 0 Å². The molecule has 0 spiro atoms. The van der Waals surface area contributed by atoms with Gasteiger partial charge in [-0.3, -0.25) is 0 Å². The third-order valence-corrected chi connectivity index (χ3v) is 7.88. The van der Waals surface area contributed by atoms with Gasteiger partial charge in [-0.05, 0) is 62.4 Å². The molecule has 40 heavy (non-hydrogen) atoms. The molecule has 1 saturated heterocycles. The Morgan fingerprint density at radius 1 is 1.00 bits per heavy atom. The topological polar surface area (TPSA) is 112 Å². The summed E-state index contributed by atoms with van der Waals surface area (Å²) in [7, 11) is 3.91. The number of amidine groups is 1. The van der Waals surface area contributed by atoms with Gasteiger partial charge in [0.15, 0.2) is 16.7 Å². The SMILES string of the molecule is COc1ccccc1OCCCCCN1CCC(N(C)C2=Nc3ccccc3CS2)CC1.O=C(O)C=CC(=O)O. The summed E-state index contributed by atoms with van der Waals surface area (Å²) in [5.41, 5.74) is 2.48. The van der Waals surface area contributed by atoms with Crippen molar-refractivity contribution in [1.29, 1.82) is 0 Å². The molecule has 2 N–H and O–H groups in total. The van der Waals surface area contributed by atoms with Crippen LogP contribution in [0.2, 0.25) is 0 Å². The zero-order chi connectivity index (χ0) is 28.7. The number of aliphatic imine (C=N–C) groups is 1. The lowest BCUT2D eigenvalue weighted by Gasteiger charge is -2.38. The third kappa shape index (κ3) is 10.2. The molecule has 0 atom stereocenters. The molecule has 0 saturated carbocycles. The Morgan fingerprint density at radius 3 is 2.33 bits per heavy atom. The summed E-state index contributed by atoms with van der Waals surface area (Å²) in [6.45, 7) is 4.30. The van der Waals surface area contributed by atoms with E-state index in [0.717, 1.165) is 36.0 Å². The summed E-state index contributed by atoms with van der Waals surface area (Å²) in [4.78, 5) is 29.1. The van der Waals surface area contributed by atoms with Crippen LogP contribution in [0.5, 0.6) is 11.5 Å². The number of nitrogens with zero attached hydrogens (tertiary/aromatic N) is 3. The number of carboxylic acids is 2. The van der Waals surface area contributed by atoms with E-state index in [1.165, 1.54) is 56.0 Å². The summed E-state index contributed by atoms with van der Waals surface area (Å²) >= 11 is 1.87. The number of benzene rings is 2. The maximum Gasteiger partial charge on any atom is 0.328 e. The highest BCUT2D eigenvalue weighted by molar-refractivity contribution is 8.13. The van der Waals surface area contributed by atoms with E-state index < -0.39 is 11.9 Å². The van der Waals surface area contributed by atoms with E-state index in [-0.39, 0.29) is 0 Å². The summed E-state index contributed by atoms with van der Waals surface area (Å²) in [5.74, 6) is 0.159. The molecule has 0 radical (unpaired) electrons. The molecule has 2 heterocycles. The van der Waals surface area contributed by atoms with Gasteiger partial charge in [0, 0.05) is 44.1 Å². The average Bonchev–Trinajstić information content (AvgIpc) is 2.98. The monoisotopic (exact) mass is 569 g/mol. The molecule has 2 aliphatic heterocycles. The molecule has 0 amide bonds. The molecule has 0 unspecified atom stereocenters. The third-order valence-electron chi connectivity index (χ3n) is 6.78. The van der Waals surface area contributed by atoms with Gasteiger partial charge >= 0.3 is 11.9 Å². The van der Waals surface area contributed by atoms with E-state index in [0.29, 0.717) is 18.2 Å². The van der Waals surface area contributed by atoms with Gasteiger partial charge < -0.3 is 29.5 Å². The van der Waals surface area contributed by atoms with E-state index in [2.05, 4.69) is 41.1 Å². The van der Waals surface area contributed by atoms with Crippen molar-refractivity contribution in [2.75, 3.05) is 40.4 Å². The Hall–Kier alpha value is -3.50. The first kappa shape index (κ1) is 31.0. The van der Waals surface area contributed by atoms with Gasteiger partial charge in [0.25, 0.3) is 0 Å². The van der Waals surface area contributed by atoms with E-state index in [4.69, 9.17) is 24.7 Å². The van der Waals surface area contributed by atoms with E-state index >= 15 is 0 Å². The maximum atomic E-state index is 9.55. The smallest absolute Gasteiger partial charge is 0.328 e. The fourth-order valence-electron chi connectivity index (χ4n) is 4.56. The number of thioether (sulfide) groups is 1. The molecule has 216 valence electrons. The number of fused-ring (bicyclic) bond motifs is 1. The Balaban J connectivity index is 0.000000482. The normalized spacial score (nSPS) is 15.4. The minimum Gasteiger partial charge on any atom is -0.493 e. The van der Waals surface area contributed by atoms with Crippen molar-refractivity contribution in [1.82, 2.24) is 9.80 Å². The van der Waals surface area contributed by atoms with Crippen LogP contribution in [-0.2, 0) is 15.3 Å². The zero-order valence-electron chi connectivity index (χ0n) is 23.2. The van der Waals surface area contributed by atoms with Gasteiger partial charge in [0.05, 0.1) is 19.4 Å². The number of hydrogen-bond acceptors (Lipinski definition) is 8. The number of carboxylic acid groups (broad SMARTS) is 2. The Morgan fingerprint density at radius 2 is 1.65 bits per heavy atom. The second kappa shape index (κ2) is 16.6. The molecule has 0 aromatic heterocycles. The summed E-state index contributed by atoms with van der Waals surface area (Å²) in [5, 5.41) is 16.8. The predicted molar refractivity (Wildman–Crippen MR) is 159 cm³/mol. The highest BCUT2D eigenvalue weighted by Crippen LogP contribution is 2.33. The van der Waals surface area contributed by atoms with Crippen LogP contribution < -0.4 is 9.47 Å². The predicted octanol–water partition coefficient (Wildman–Crippen LogP) is 5.29. The molecule has 2 aromatic rings. The molecule has 0 aliphatic carbocycles. The molecule has 2 aliphatic rings. The van der Waals surface area contributed by atoms with Crippen LogP contribution in [0.1, 0.15) is 37.7 Å². The van der Waals surface area contributed by atoms with Crippen molar-refractivity contribution >= 4 is 34.6 Å². The molecule has 9 nitrogen and oxygen atoms in total. The second-order valence-electron chi connectivity index (χ2n) is 9.57. The van der Waals surface area contributed by atoms with Crippen LogP contribution in [0.15, 0.2) is 65.7 Å². The lowest BCUT2D eigenvalue weighted by atomic mass is 10.0. The van der Waals surface area contributed by atoms with E-state index in [1.807, 2.05) is 36.0 Å². The lowest BCUT2D eigenvalue weighted by molar-refractivity contribution is -0.134. The van der Waals surface area contributed by atoms with Gasteiger partial charge in [-0.15, -0.1) is 0 Å². The fraction of sp³-hybridized carbons (Fsp3) is 0.433. The molecule has 0 bridgehead atoms. The molecular formula is C30H39N3O6S. The van der Waals surface area contributed by atoms with Crippen molar-refractivity contribution in [2.45, 2.75) is 43.9 Å². The van der Waals surface area contributed by atoms with Crippen molar-refractivity contribution < 1.29 is 29.3 Å². The molecular weight excluding hydrogens is 530 g/mol. The second-order valence-corrected chi connectivity index (χ2v) is 10.5. The molecule has 1 fully saturated rings. The first-order chi connectivity index (χ1) is 19.4. The average molecular weight is 570 g/mol. The van der Waals surface area contributed by atoms with Crippen molar-refractivity contribution in [3.63, 3.8) is 0 Å². The van der Waals surface area contributed by atoms with Gasteiger partial charge in [-0.25, -0.2) is 14.6 Å². The number of unbranched alkanes of at least 4 members (excludes halogenated alkanes) is 2. The number of hydrogen-bond donors (Lipinski definition) is 2. The van der Waals surface area contributed by atoms with Crippen molar-refractivity contribution in [3.8, 4) is 11.5 Å². The van der Waals surface area contributed by atoms with Crippen LogP contribution >= 0.6 is 11.8 Å². The van der Waals surface area contributed by atoms with Crippen molar-refractivity contribution in [2.24, 2.45) is 4.99 Å². The number of carbonyl (C=O) groups is 2. The Labute approximate surface area is 240 Å². The number of aliphatic carboxylic acids is 2. The zero-order valence-corrected chi connectivity index (χ0v) is 24.0. The van der Waals surface area contributed by atoms with E-state index in [9.17, 15) is 9.59 Å². The molecule has 10 heteroatoms. The standard InChI is InChI=1S/C26H35N3O2S.C4H4O4/c1-28(26-27-23-11-5-4-10-21(23)20-32-26)22-14-17-29(18-15-22)16-8-3-9-19-31-25-13-7-6-12-24(25)30-2;5-3(6)1-2-4(7)8/h4-7,10-13,22H,3,8-9,14-20H2,1-2H3;1-2H,(H,5,6)(H,7,8). The lowest BCUT2D eigenvalue weighted by Crippen LogP contribution is -2.45. The van der Waals surface area contributed by atoms with E-state index in [1.54, 1.807) is 7.11 Å². The minimum absolute atomic E-state index is 0.558. The van der Waals surface area contributed by atoms with Crippen LogP contribution in [0.25, 0.3) is 0 Å². The van der Waals surface area contributed by atoms with Gasteiger partial charge in [-0.2, -0.15) is 0 Å². The molecule has 4 rings (SSSR count). The van der Waals surface area contributed by atoms with Gasteiger partial charge in [-0.1, -0.05) is 42.1 Å². The number of methoxy groups -OCH3 is 1. The quantitative estimate of drug-likeness (QED) is 0.275. The Kier molecular flexibility index (Phi) is 12.9. The highest BCUT2D eigenvalue weighted by atomic mass is 32.2. The first-order valence-corrected chi connectivity index (χ1v) is 14.5. The van der Waals surface area contributed by atoms with Crippen LogP contribution in [0.3, 0.4) is 0 Å². The van der Waals surface area contributed by atoms with Gasteiger partial charge in [0.1, 0.15) is 0 Å². The number of ether oxygens (including phenoxy) is 2. The number of likely N-dealkylation sites (tertiary alicyclic amines) is 1. The highest BCUT2D eigenvalue weighted by Gasteiger charge is 2.26. The minimum atomic E-state index is -1.26. The summed E-state index contributed by atoms with van der Waals surface area (Å²) in [6.07, 6.45) is 7.06. The largest absolute Gasteiger partial charge is 0.493 e. The summed E-state index contributed by atoms with van der Waals surface area (Å²) < 4.78 is 11.2. The summed E-state index contributed by atoms with van der Waals surface area (Å²) in [6, 6.07) is 17.0.